The normalized spacial score (nSPS) is 13.9. The molecular formula is C24H26N2O. The lowest BCUT2D eigenvalue weighted by atomic mass is 9.84. The number of carbonyl (C=O) groups excluding carboxylic acids is 1. The fourth-order valence-electron chi connectivity index (χ4n) is 3.65. The van der Waals surface area contributed by atoms with Crippen LogP contribution in [-0.4, -0.2) is 15.4 Å². The second-order valence-electron chi connectivity index (χ2n) is 7.42. The van der Waals surface area contributed by atoms with Gasteiger partial charge in [-0.2, -0.15) is 0 Å². The van der Waals surface area contributed by atoms with E-state index in [4.69, 9.17) is 0 Å². The van der Waals surface area contributed by atoms with E-state index in [9.17, 15) is 4.79 Å². The van der Waals surface area contributed by atoms with Gasteiger partial charge in [0, 0.05) is 30.9 Å². The molecule has 2 aromatic carbocycles. The molecular weight excluding hydrogens is 332 g/mol. The molecule has 0 radical (unpaired) electrons. The van der Waals surface area contributed by atoms with Gasteiger partial charge in [-0.15, -0.1) is 0 Å². The third kappa shape index (κ3) is 4.30. The molecule has 0 unspecified atom stereocenters. The molecule has 0 saturated heterocycles. The van der Waals surface area contributed by atoms with Crippen molar-refractivity contribution in [3.8, 4) is 0 Å². The van der Waals surface area contributed by atoms with E-state index in [0.717, 1.165) is 19.4 Å². The lowest BCUT2D eigenvalue weighted by molar-refractivity contribution is -0.139. The summed E-state index contributed by atoms with van der Waals surface area (Å²) >= 11 is 0. The van der Waals surface area contributed by atoms with Crippen molar-refractivity contribution in [2.24, 2.45) is 5.92 Å². The molecule has 0 N–H and O–H groups in total. The molecule has 0 spiro atoms. The Balaban J connectivity index is 1.53. The molecule has 138 valence electrons. The zero-order valence-electron chi connectivity index (χ0n) is 15.6. The molecule has 0 bridgehead atoms. The highest BCUT2D eigenvalue weighted by Crippen LogP contribution is 2.29. The SMILES string of the molecule is O=C(C1CCC1)N(Cc1ccccc1)Cc1cccn1Cc1ccccc1. The number of hydrogen-bond acceptors (Lipinski definition) is 1. The van der Waals surface area contributed by atoms with Crippen LogP contribution in [0.1, 0.15) is 36.1 Å². The maximum absolute atomic E-state index is 13.0. The molecule has 1 heterocycles. The Morgan fingerprint density at radius 2 is 1.52 bits per heavy atom. The van der Waals surface area contributed by atoms with Crippen LogP contribution in [0.3, 0.4) is 0 Å². The van der Waals surface area contributed by atoms with Crippen molar-refractivity contribution >= 4 is 5.91 Å². The molecule has 3 heteroatoms. The van der Waals surface area contributed by atoms with E-state index in [2.05, 4.69) is 59.3 Å². The zero-order chi connectivity index (χ0) is 18.5. The Bertz CT molecular complexity index is 866. The van der Waals surface area contributed by atoms with E-state index >= 15 is 0 Å². The van der Waals surface area contributed by atoms with Crippen LogP contribution < -0.4 is 0 Å². The number of carbonyl (C=O) groups is 1. The fraction of sp³-hybridized carbons (Fsp3) is 0.292. The summed E-state index contributed by atoms with van der Waals surface area (Å²) in [6, 6.07) is 25.0. The van der Waals surface area contributed by atoms with Gasteiger partial charge in [0.2, 0.25) is 5.91 Å². The molecule has 1 saturated carbocycles. The highest BCUT2D eigenvalue weighted by Gasteiger charge is 2.29. The van der Waals surface area contributed by atoms with Gasteiger partial charge in [-0.25, -0.2) is 0 Å². The summed E-state index contributed by atoms with van der Waals surface area (Å²) in [5.41, 5.74) is 3.64. The summed E-state index contributed by atoms with van der Waals surface area (Å²) in [5.74, 6) is 0.517. The molecule has 0 aliphatic heterocycles. The fourth-order valence-corrected chi connectivity index (χ4v) is 3.65. The molecule has 0 atom stereocenters. The van der Waals surface area contributed by atoms with Crippen molar-refractivity contribution in [3.63, 3.8) is 0 Å². The quantitative estimate of drug-likeness (QED) is 0.592. The van der Waals surface area contributed by atoms with Crippen LogP contribution in [0.2, 0.25) is 0 Å². The third-order valence-corrected chi connectivity index (χ3v) is 5.45. The summed E-state index contributed by atoms with van der Waals surface area (Å²) in [7, 11) is 0. The van der Waals surface area contributed by atoms with E-state index in [-0.39, 0.29) is 5.92 Å². The first-order valence-electron chi connectivity index (χ1n) is 9.80. The molecule has 3 aromatic rings. The average molecular weight is 358 g/mol. The Kier molecular flexibility index (Phi) is 5.38. The van der Waals surface area contributed by atoms with Crippen LogP contribution in [0, 0.1) is 5.92 Å². The lowest BCUT2D eigenvalue weighted by Gasteiger charge is -2.32. The van der Waals surface area contributed by atoms with Gasteiger partial charge in [-0.1, -0.05) is 67.1 Å². The van der Waals surface area contributed by atoms with Crippen LogP contribution in [0.15, 0.2) is 79.0 Å². The first-order valence-corrected chi connectivity index (χ1v) is 9.80. The Morgan fingerprint density at radius 1 is 0.852 bits per heavy atom. The number of amides is 1. The van der Waals surface area contributed by atoms with Gasteiger partial charge in [0.15, 0.2) is 0 Å². The van der Waals surface area contributed by atoms with Crippen molar-refractivity contribution < 1.29 is 4.79 Å². The first-order chi connectivity index (χ1) is 13.3. The largest absolute Gasteiger partial charge is 0.345 e. The van der Waals surface area contributed by atoms with Gasteiger partial charge in [0.25, 0.3) is 0 Å². The monoisotopic (exact) mass is 358 g/mol. The van der Waals surface area contributed by atoms with Gasteiger partial charge in [0.1, 0.15) is 0 Å². The van der Waals surface area contributed by atoms with Crippen LogP contribution >= 0.6 is 0 Å². The van der Waals surface area contributed by atoms with Crippen molar-refractivity contribution in [1.82, 2.24) is 9.47 Å². The van der Waals surface area contributed by atoms with E-state index in [0.29, 0.717) is 19.0 Å². The van der Waals surface area contributed by atoms with E-state index < -0.39 is 0 Å². The second-order valence-corrected chi connectivity index (χ2v) is 7.42. The highest BCUT2D eigenvalue weighted by atomic mass is 16.2. The number of benzene rings is 2. The number of aromatic nitrogens is 1. The lowest BCUT2D eigenvalue weighted by Crippen LogP contribution is -2.38. The van der Waals surface area contributed by atoms with E-state index in [1.54, 1.807) is 0 Å². The molecule has 4 rings (SSSR count). The maximum Gasteiger partial charge on any atom is 0.226 e. The molecule has 1 aliphatic rings. The van der Waals surface area contributed by atoms with Crippen molar-refractivity contribution in [2.75, 3.05) is 0 Å². The molecule has 1 aromatic heterocycles. The summed E-state index contributed by atoms with van der Waals surface area (Å²) in [6.07, 6.45) is 5.36. The Morgan fingerprint density at radius 3 is 2.15 bits per heavy atom. The van der Waals surface area contributed by atoms with Gasteiger partial charge >= 0.3 is 0 Å². The molecule has 1 aliphatic carbocycles. The topological polar surface area (TPSA) is 25.2 Å². The van der Waals surface area contributed by atoms with Crippen LogP contribution in [0.25, 0.3) is 0 Å². The number of nitrogens with zero attached hydrogens (tertiary/aromatic N) is 2. The average Bonchev–Trinajstić information content (AvgIpc) is 3.08. The second kappa shape index (κ2) is 8.26. The number of hydrogen-bond donors (Lipinski definition) is 0. The minimum Gasteiger partial charge on any atom is -0.345 e. The van der Waals surface area contributed by atoms with Gasteiger partial charge in [0.05, 0.1) is 6.54 Å². The van der Waals surface area contributed by atoms with Crippen LogP contribution in [-0.2, 0) is 24.4 Å². The van der Waals surface area contributed by atoms with Crippen molar-refractivity contribution in [1.29, 1.82) is 0 Å². The Hall–Kier alpha value is -2.81. The summed E-state index contributed by atoms with van der Waals surface area (Å²) < 4.78 is 2.25. The van der Waals surface area contributed by atoms with Gasteiger partial charge in [-0.05, 0) is 36.1 Å². The maximum atomic E-state index is 13.0. The predicted molar refractivity (Wildman–Crippen MR) is 108 cm³/mol. The summed E-state index contributed by atoms with van der Waals surface area (Å²) in [6.45, 7) is 2.16. The van der Waals surface area contributed by atoms with Gasteiger partial charge < -0.3 is 9.47 Å². The van der Waals surface area contributed by atoms with E-state index in [1.807, 2.05) is 29.2 Å². The Labute approximate surface area is 161 Å². The standard InChI is InChI=1S/C24H26N2O/c27-24(22-13-7-14-22)26(18-21-11-5-2-6-12-21)19-23-15-8-16-25(23)17-20-9-3-1-4-10-20/h1-6,8-12,15-16,22H,7,13-14,17-19H2. The predicted octanol–water partition coefficient (Wildman–Crippen LogP) is 4.87. The minimum atomic E-state index is 0.214. The summed E-state index contributed by atoms with van der Waals surface area (Å²) in [5, 5.41) is 0. The first kappa shape index (κ1) is 17.6. The number of rotatable bonds is 7. The smallest absolute Gasteiger partial charge is 0.226 e. The minimum absolute atomic E-state index is 0.214. The van der Waals surface area contributed by atoms with Gasteiger partial charge in [-0.3, -0.25) is 4.79 Å². The van der Waals surface area contributed by atoms with Crippen LogP contribution in [0.4, 0.5) is 0 Å². The highest BCUT2D eigenvalue weighted by molar-refractivity contribution is 5.79. The molecule has 1 fully saturated rings. The van der Waals surface area contributed by atoms with Crippen molar-refractivity contribution in [3.05, 3.63) is 95.8 Å². The molecule has 27 heavy (non-hydrogen) atoms. The third-order valence-electron chi connectivity index (χ3n) is 5.45. The van der Waals surface area contributed by atoms with E-state index in [1.165, 1.54) is 23.2 Å². The molecule has 3 nitrogen and oxygen atoms in total. The van der Waals surface area contributed by atoms with Crippen LogP contribution in [0.5, 0.6) is 0 Å². The zero-order valence-corrected chi connectivity index (χ0v) is 15.6. The molecule has 1 amide bonds. The summed E-state index contributed by atoms with van der Waals surface area (Å²) in [4.78, 5) is 15.1. The van der Waals surface area contributed by atoms with Crippen molar-refractivity contribution in [2.45, 2.75) is 38.9 Å².